The lowest BCUT2D eigenvalue weighted by Crippen LogP contribution is -2.21. The molecule has 0 unspecified atom stereocenters. The number of benzene rings is 1. The summed E-state index contributed by atoms with van der Waals surface area (Å²) >= 11 is 0. The van der Waals surface area contributed by atoms with Crippen LogP contribution in [0.4, 0.5) is 11.5 Å². The summed E-state index contributed by atoms with van der Waals surface area (Å²) in [6, 6.07) is 2.76. The van der Waals surface area contributed by atoms with Crippen LogP contribution in [0.3, 0.4) is 0 Å². The minimum Gasteiger partial charge on any atom is -0.490 e. The van der Waals surface area contributed by atoms with Crippen molar-refractivity contribution in [3.63, 3.8) is 0 Å². The maximum atomic E-state index is 12.2. The van der Waals surface area contributed by atoms with E-state index in [0.717, 1.165) is 0 Å². The van der Waals surface area contributed by atoms with Gasteiger partial charge in [-0.05, 0) is 25.5 Å². The van der Waals surface area contributed by atoms with Gasteiger partial charge in [0.2, 0.25) is 5.75 Å². The molecule has 0 atom stereocenters. The minimum absolute atomic E-state index is 0.00320. The normalized spacial score (nSPS) is 10.6. The van der Waals surface area contributed by atoms with Gasteiger partial charge in [-0.2, -0.15) is 0 Å². The number of nitro benzene ring substituents is 1. The third kappa shape index (κ3) is 4.60. The van der Waals surface area contributed by atoms with E-state index in [1.165, 1.54) is 32.5 Å². The van der Waals surface area contributed by atoms with E-state index < -0.39 is 16.5 Å². The van der Waals surface area contributed by atoms with Gasteiger partial charge in [0, 0.05) is 17.7 Å². The maximum Gasteiger partial charge on any atom is 0.311 e. The molecule has 2 aromatic rings. The van der Waals surface area contributed by atoms with E-state index in [2.05, 4.69) is 20.0 Å². The molecule has 0 radical (unpaired) electrons. The highest BCUT2D eigenvalue weighted by atomic mass is 16.6. The van der Waals surface area contributed by atoms with E-state index in [1.807, 2.05) is 13.8 Å². The Bertz CT molecular complexity index is 922. The zero-order chi connectivity index (χ0) is 20.1. The third-order valence-electron chi connectivity index (χ3n) is 3.61. The van der Waals surface area contributed by atoms with Gasteiger partial charge in [0.15, 0.2) is 5.82 Å². The van der Waals surface area contributed by atoms with Gasteiger partial charge < -0.3 is 19.8 Å². The number of hydrogen-bond acceptors (Lipinski definition) is 8. The van der Waals surface area contributed by atoms with Crippen LogP contribution in [0.1, 0.15) is 19.4 Å². The van der Waals surface area contributed by atoms with E-state index in [1.54, 1.807) is 0 Å². The summed E-state index contributed by atoms with van der Waals surface area (Å²) < 4.78 is 9.80. The van der Waals surface area contributed by atoms with Crippen molar-refractivity contribution in [1.29, 1.82) is 0 Å². The molecule has 1 aromatic heterocycles. The molecule has 144 valence electrons. The zero-order valence-electron chi connectivity index (χ0n) is 15.4. The second-order valence-electron chi connectivity index (χ2n) is 5.98. The Morgan fingerprint density at radius 2 is 2.07 bits per heavy atom. The molecule has 0 spiro atoms. The van der Waals surface area contributed by atoms with Crippen LogP contribution in [0.5, 0.6) is 5.75 Å². The summed E-state index contributed by atoms with van der Waals surface area (Å²) in [6.07, 6.45) is 1.20. The van der Waals surface area contributed by atoms with Gasteiger partial charge in [-0.15, -0.1) is 0 Å². The van der Waals surface area contributed by atoms with Crippen molar-refractivity contribution in [3.05, 3.63) is 44.4 Å². The Hall–Kier alpha value is -3.43. The molecule has 0 bridgehead atoms. The van der Waals surface area contributed by atoms with E-state index >= 15 is 0 Å². The number of anilines is 1. The first-order valence-electron chi connectivity index (χ1n) is 8.05. The summed E-state index contributed by atoms with van der Waals surface area (Å²) in [5.41, 5.74) is -0.00901. The van der Waals surface area contributed by atoms with E-state index in [0.29, 0.717) is 5.56 Å². The molecule has 1 heterocycles. The summed E-state index contributed by atoms with van der Waals surface area (Å²) in [4.78, 5) is 41.3. The Morgan fingerprint density at radius 3 is 2.59 bits per heavy atom. The molecule has 10 heteroatoms. The van der Waals surface area contributed by atoms with E-state index in [9.17, 15) is 19.7 Å². The number of esters is 1. The van der Waals surface area contributed by atoms with Gasteiger partial charge >= 0.3 is 11.7 Å². The SMILES string of the molecule is COC(=O)Cc1cc(-c2cnc(NC(C)C)c(=O)[nH]2)c(OC)c([N+](=O)[O-])c1. The van der Waals surface area contributed by atoms with Gasteiger partial charge in [0.25, 0.3) is 5.56 Å². The molecular formula is C17H20N4O6. The summed E-state index contributed by atoms with van der Waals surface area (Å²) in [5.74, 6) is -0.466. The van der Waals surface area contributed by atoms with Gasteiger partial charge in [-0.3, -0.25) is 19.7 Å². The van der Waals surface area contributed by atoms with Gasteiger partial charge in [-0.25, -0.2) is 4.98 Å². The Labute approximate surface area is 154 Å². The zero-order valence-corrected chi connectivity index (χ0v) is 15.4. The van der Waals surface area contributed by atoms with Gasteiger partial charge in [-0.1, -0.05) is 0 Å². The maximum absolute atomic E-state index is 12.2. The Kier molecular flexibility index (Phi) is 6.11. The van der Waals surface area contributed by atoms with Crippen molar-refractivity contribution in [2.75, 3.05) is 19.5 Å². The molecule has 1 aromatic carbocycles. The number of nitrogens with zero attached hydrogens (tertiary/aromatic N) is 2. The monoisotopic (exact) mass is 376 g/mol. The topological polar surface area (TPSA) is 136 Å². The fraction of sp³-hybridized carbons (Fsp3) is 0.353. The highest BCUT2D eigenvalue weighted by molar-refractivity contribution is 5.78. The molecule has 0 amide bonds. The van der Waals surface area contributed by atoms with Crippen molar-refractivity contribution < 1.29 is 19.2 Å². The first kappa shape index (κ1) is 19.9. The summed E-state index contributed by atoms with van der Waals surface area (Å²) in [6.45, 7) is 3.72. The van der Waals surface area contributed by atoms with Crippen molar-refractivity contribution >= 4 is 17.5 Å². The lowest BCUT2D eigenvalue weighted by Gasteiger charge is -2.12. The van der Waals surface area contributed by atoms with Crippen LogP contribution in [0, 0.1) is 10.1 Å². The smallest absolute Gasteiger partial charge is 0.311 e. The average Bonchev–Trinajstić information content (AvgIpc) is 2.62. The van der Waals surface area contributed by atoms with Crippen LogP contribution in [0.2, 0.25) is 0 Å². The van der Waals surface area contributed by atoms with Crippen molar-refractivity contribution in [2.24, 2.45) is 0 Å². The van der Waals surface area contributed by atoms with Crippen LogP contribution in [-0.2, 0) is 16.0 Å². The lowest BCUT2D eigenvalue weighted by molar-refractivity contribution is -0.385. The van der Waals surface area contributed by atoms with Gasteiger partial charge in [0.1, 0.15) is 0 Å². The Balaban J connectivity index is 2.63. The molecule has 0 aliphatic rings. The molecule has 0 aliphatic carbocycles. The first-order chi connectivity index (χ1) is 12.8. The van der Waals surface area contributed by atoms with Crippen LogP contribution < -0.4 is 15.6 Å². The van der Waals surface area contributed by atoms with Crippen LogP contribution in [-0.4, -0.2) is 41.1 Å². The van der Waals surface area contributed by atoms with Crippen molar-refractivity contribution in [1.82, 2.24) is 9.97 Å². The van der Waals surface area contributed by atoms with Crippen molar-refractivity contribution in [2.45, 2.75) is 26.3 Å². The molecule has 27 heavy (non-hydrogen) atoms. The fourth-order valence-corrected chi connectivity index (χ4v) is 2.48. The minimum atomic E-state index is -0.622. The highest BCUT2D eigenvalue weighted by Gasteiger charge is 2.23. The number of aromatic amines is 1. The van der Waals surface area contributed by atoms with E-state index in [4.69, 9.17) is 4.74 Å². The standard InChI is InChI=1S/C17H20N4O6/c1-9(2)19-16-17(23)20-12(8-18-16)11-5-10(7-14(22)26-3)6-13(21(24)25)15(11)27-4/h5-6,8-9H,7H2,1-4H3,(H,18,19)(H,20,23). The number of methoxy groups -OCH3 is 2. The highest BCUT2D eigenvalue weighted by Crippen LogP contribution is 2.38. The molecular weight excluding hydrogens is 356 g/mol. The average molecular weight is 376 g/mol. The predicted octanol–water partition coefficient (Wildman–Crippen LogP) is 1.89. The number of ether oxygens (including phenoxy) is 2. The number of aromatic nitrogens is 2. The number of nitrogens with one attached hydrogen (secondary N) is 2. The predicted molar refractivity (Wildman–Crippen MR) is 98.0 cm³/mol. The van der Waals surface area contributed by atoms with Gasteiger partial charge in [0.05, 0.1) is 37.5 Å². The first-order valence-corrected chi connectivity index (χ1v) is 8.05. The molecule has 2 N–H and O–H groups in total. The number of hydrogen-bond donors (Lipinski definition) is 2. The molecule has 0 saturated carbocycles. The fourth-order valence-electron chi connectivity index (χ4n) is 2.48. The second-order valence-corrected chi connectivity index (χ2v) is 5.98. The number of carbonyl (C=O) groups is 1. The second kappa shape index (κ2) is 8.30. The number of nitro groups is 1. The summed E-state index contributed by atoms with van der Waals surface area (Å²) in [5, 5.41) is 14.3. The number of carbonyl (C=O) groups excluding carboxylic acids is 1. The quantitative estimate of drug-likeness (QED) is 0.425. The molecule has 0 aliphatic heterocycles. The lowest BCUT2D eigenvalue weighted by atomic mass is 10.0. The third-order valence-corrected chi connectivity index (χ3v) is 3.61. The van der Waals surface area contributed by atoms with Crippen LogP contribution in [0.15, 0.2) is 23.1 Å². The molecule has 2 rings (SSSR count). The largest absolute Gasteiger partial charge is 0.490 e. The number of rotatable bonds is 7. The molecule has 0 fully saturated rings. The van der Waals surface area contributed by atoms with Crippen LogP contribution in [0.25, 0.3) is 11.3 Å². The Morgan fingerprint density at radius 1 is 1.37 bits per heavy atom. The molecule has 0 saturated heterocycles. The summed E-state index contributed by atoms with van der Waals surface area (Å²) in [7, 11) is 2.51. The van der Waals surface area contributed by atoms with Crippen molar-refractivity contribution in [3.8, 4) is 17.0 Å². The number of H-pyrrole nitrogens is 1. The van der Waals surface area contributed by atoms with E-state index in [-0.39, 0.29) is 41.0 Å². The molecule has 10 nitrogen and oxygen atoms in total. The van der Waals surface area contributed by atoms with Crippen LogP contribution >= 0.6 is 0 Å².